The number of ether oxygens (including phenoxy) is 1. The number of nitrogens with zero attached hydrogens (tertiary/aromatic N) is 1. The number of rotatable bonds is 2. The Morgan fingerprint density at radius 1 is 1.38 bits per heavy atom. The summed E-state index contributed by atoms with van der Waals surface area (Å²) < 4.78 is 5.80. The van der Waals surface area contributed by atoms with Crippen LogP contribution in [0.1, 0.15) is 26.2 Å². The molecule has 3 unspecified atom stereocenters. The van der Waals surface area contributed by atoms with E-state index in [2.05, 4.69) is 27.8 Å². The molecule has 2 heterocycles. The summed E-state index contributed by atoms with van der Waals surface area (Å²) in [5.74, 6) is 0. The van der Waals surface area contributed by atoms with Gasteiger partial charge in [-0.15, -0.1) is 0 Å². The number of alkyl halides is 1. The molecule has 0 aromatic heterocycles. The van der Waals surface area contributed by atoms with Crippen molar-refractivity contribution in [2.45, 2.75) is 43.2 Å². The Bertz CT molecular complexity index is 158. The van der Waals surface area contributed by atoms with Crippen LogP contribution in [0.3, 0.4) is 0 Å². The van der Waals surface area contributed by atoms with Crippen molar-refractivity contribution in [3.63, 3.8) is 0 Å². The second-order valence-corrected chi connectivity index (χ2v) is 5.59. The molecule has 0 saturated carbocycles. The summed E-state index contributed by atoms with van der Waals surface area (Å²) in [6, 6.07) is 0. The standard InChI is InChI=1S/C10H18BrNO/c1-8-2-3-10(13-8)7-12-5-4-9(11)6-12/h8-10H,2-7H2,1H3. The summed E-state index contributed by atoms with van der Waals surface area (Å²) in [7, 11) is 0. The first kappa shape index (κ1) is 9.94. The first-order valence-corrected chi connectivity index (χ1v) is 6.17. The largest absolute Gasteiger partial charge is 0.374 e. The summed E-state index contributed by atoms with van der Waals surface area (Å²) in [4.78, 5) is 3.23. The molecule has 13 heavy (non-hydrogen) atoms. The highest BCUT2D eigenvalue weighted by atomic mass is 79.9. The molecule has 0 amide bonds. The molecule has 2 rings (SSSR count). The Balaban J connectivity index is 1.72. The van der Waals surface area contributed by atoms with Crippen LogP contribution in [0, 0.1) is 0 Å². The molecule has 3 heteroatoms. The number of halogens is 1. The minimum absolute atomic E-state index is 0.493. The van der Waals surface area contributed by atoms with Gasteiger partial charge < -0.3 is 4.74 Å². The normalized spacial score (nSPS) is 41.5. The molecule has 2 saturated heterocycles. The van der Waals surface area contributed by atoms with Gasteiger partial charge in [-0.2, -0.15) is 0 Å². The molecule has 0 N–H and O–H groups in total. The predicted molar refractivity (Wildman–Crippen MR) is 57.3 cm³/mol. The van der Waals surface area contributed by atoms with Gasteiger partial charge in [0, 0.05) is 17.9 Å². The van der Waals surface area contributed by atoms with Crippen molar-refractivity contribution in [2.24, 2.45) is 0 Å². The summed E-state index contributed by atoms with van der Waals surface area (Å²) in [6.07, 6.45) is 4.79. The van der Waals surface area contributed by atoms with E-state index in [0.717, 1.165) is 6.54 Å². The van der Waals surface area contributed by atoms with Crippen molar-refractivity contribution in [1.29, 1.82) is 0 Å². The van der Waals surface area contributed by atoms with Gasteiger partial charge in [0.25, 0.3) is 0 Å². The van der Waals surface area contributed by atoms with Crippen LogP contribution in [0.2, 0.25) is 0 Å². The minimum Gasteiger partial charge on any atom is -0.374 e. The maximum atomic E-state index is 5.80. The van der Waals surface area contributed by atoms with Crippen molar-refractivity contribution < 1.29 is 4.74 Å². The Kier molecular flexibility index (Phi) is 3.27. The Morgan fingerprint density at radius 3 is 2.77 bits per heavy atom. The molecule has 0 aromatic rings. The van der Waals surface area contributed by atoms with Crippen LogP contribution < -0.4 is 0 Å². The fourth-order valence-electron chi connectivity index (χ4n) is 2.26. The van der Waals surface area contributed by atoms with Crippen molar-refractivity contribution in [3.8, 4) is 0 Å². The molecule has 2 aliphatic heterocycles. The lowest BCUT2D eigenvalue weighted by molar-refractivity contribution is 0.0362. The molecule has 2 fully saturated rings. The molecular formula is C10H18BrNO. The third-order valence-corrected chi connectivity index (χ3v) is 3.74. The molecule has 0 radical (unpaired) electrons. The Morgan fingerprint density at radius 2 is 2.23 bits per heavy atom. The quantitative estimate of drug-likeness (QED) is 0.693. The van der Waals surface area contributed by atoms with Crippen LogP contribution in [0.15, 0.2) is 0 Å². The molecule has 2 nitrogen and oxygen atoms in total. The van der Waals surface area contributed by atoms with Crippen LogP contribution in [-0.4, -0.2) is 41.6 Å². The second kappa shape index (κ2) is 4.28. The minimum atomic E-state index is 0.493. The highest BCUT2D eigenvalue weighted by molar-refractivity contribution is 9.09. The van der Waals surface area contributed by atoms with Gasteiger partial charge in [0.1, 0.15) is 0 Å². The fourth-order valence-corrected chi connectivity index (χ4v) is 2.87. The number of hydrogen-bond donors (Lipinski definition) is 0. The van der Waals surface area contributed by atoms with Gasteiger partial charge in [0.2, 0.25) is 0 Å². The van der Waals surface area contributed by atoms with E-state index in [1.807, 2.05) is 0 Å². The number of likely N-dealkylation sites (tertiary alicyclic amines) is 1. The molecule has 0 aliphatic carbocycles. The van der Waals surface area contributed by atoms with Crippen LogP contribution in [0.4, 0.5) is 0 Å². The maximum Gasteiger partial charge on any atom is 0.0706 e. The molecule has 0 bridgehead atoms. The molecule has 0 spiro atoms. The fraction of sp³-hybridized carbons (Fsp3) is 1.00. The van der Waals surface area contributed by atoms with E-state index in [-0.39, 0.29) is 0 Å². The molecule has 0 aromatic carbocycles. The van der Waals surface area contributed by atoms with E-state index in [0.29, 0.717) is 17.0 Å². The third kappa shape index (κ3) is 2.67. The SMILES string of the molecule is CC1CCC(CN2CCC(Br)C2)O1. The van der Waals surface area contributed by atoms with E-state index in [4.69, 9.17) is 4.74 Å². The highest BCUT2D eigenvalue weighted by Crippen LogP contribution is 2.23. The zero-order valence-corrected chi connectivity index (χ0v) is 9.79. The van der Waals surface area contributed by atoms with Gasteiger partial charge in [0.05, 0.1) is 12.2 Å². The second-order valence-electron chi connectivity index (χ2n) is 4.29. The first-order chi connectivity index (χ1) is 6.24. The zero-order chi connectivity index (χ0) is 9.26. The summed E-state index contributed by atoms with van der Waals surface area (Å²) in [5.41, 5.74) is 0. The van der Waals surface area contributed by atoms with E-state index in [1.165, 1.54) is 32.4 Å². The molecule has 3 atom stereocenters. The van der Waals surface area contributed by atoms with Crippen molar-refractivity contribution in [1.82, 2.24) is 4.90 Å². The van der Waals surface area contributed by atoms with Crippen LogP contribution in [0.5, 0.6) is 0 Å². The Hall–Kier alpha value is 0.400. The van der Waals surface area contributed by atoms with Gasteiger partial charge in [-0.05, 0) is 32.7 Å². The zero-order valence-electron chi connectivity index (χ0n) is 8.21. The third-order valence-electron chi connectivity index (χ3n) is 3.00. The average molecular weight is 248 g/mol. The summed E-state index contributed by atoms with van der Waals surface area (Å²) in [6.45, 7) is 5.77. The van der Waals surface area contributed by atoms with E-state index in [1.54, 1.807) is 0 Å². The lowest BCUT2D eigenvalue weighted by Crippen LogP contribution is -2.30. The topological polar surface area (TPSA) is 12.5 Å². The van der Waals surface area contributed by atoms with Crippen LogP contribution in [-0.2, 0) is 4.74 Å². The van der Waals surface area contributed by atoms with Crippen molar-refractivity contribution in [3.05, 3.63) is 0 Å². The predicted octanol–water partition coefficient (Wildman–Crippen LogP) is 2.02. The van der Waals surface area contributed by atoms with E-state index >= 15 is 0 Å². The van der Waals surface area contributed by atoms with Crippen LogP contribution >= 0.6 is 15.9 Å². The van der Waals surface area contributed by atoms with Gasteiger partial charge >= 0.3 is 0 Å². The molecule has 2 aliphatic rings. The monoisotopic (exact) mass is 247 g/mol. The van der Waals surface area contributed by atoms with Gasteiger partial charge in [0.15, 0.2) is 0 Å². The highest BCUT2D eigenvalue weighted by Gasteiger charge is 2.27. The first-order valence-electron chi connectivity index (χ1n) is 5.26. The van der Waals surface area contributed by atoms with Gasteiger partial charge in [-0.1, -0.05) is 15.9 Å². The van der Waals surface area contributed by atoms with E-state index in [9.17, 15) is 0 Å². The van der Waals surface area contributed by atoms with Crippen molar-refractivity contribution in [2.75, 3.05) is 19.6 Å². The summed E-state index contributed by atoms with van der Waals surface area (Å²) >= 11 is 3.66. The summed E-state index contributed by atoms with van der Waals surface area (Å²) in [5, 5.41) is 0. The van der Waals surface area contributed by atoms with E-state index < -0.39 is 0 Å². The Labute approximate surface area is 88.8 Å². The van der Waals surface area contributed by atoms with Gasteiger partial charge in [-0.3, -0.25) is 4.90 Å². The number of hydrogen-bond acceptors (Lipinski definition) is 2. The van der Waals surface area contributed by atoms with Gasteiger partial charge in [-0.25, -0.2) is 0 Å². The average Bonchev–Trinajstić information content (AvgIpc) is 2.62. The maximum absolute atomic E-state index is 5.80. The van der Waals surface area contributed by atoms with Crippen molar-refractivity contribution >= 4 is 15.9 Å². The lowest BCUT2D eigenvalue weighted by Gasteiger charge is -2.19. The smallest absolute Gasteiger partial charge is 0.0706 e. The molecular weight excluding hydrogens is 230 g/mol. The van der Waals surface area contributed by atoms with Crippen LogP contribution in [0.25, 0.3) is 0 Å². The molecule has 76 valence electrons. The lowest BCUT2D eigenvalue weighted by atomic mass is 10.2.